The van der Waals surface area contributed by atoms with E-state index >= 15 is 0 Å². The second-order valence-electron chi connectivity index (χ2n) is 7.32. The van der Waals surface area contributed by atoms with Crippen LogP contribution in [0.15, 0.2) is 18.2 Å². The van der Waals surface area contributed by atoms with Gasteiger partial charge in [0.15, 0.2) is 0 Å². The van der Waals surface area contributed by atoms with Gasteiger partial charge in [0.1, 0.15) is 11.9 Å². The van der Waals surface area contributed by atoms with Crippen molar-refractivity contribution >= 4 is 35.1 Å². The third-order valence-corrected chi connectivity index (χ3v) is 4.94. The van der Waals surface area contributed by atoms with Gasteiger partial charge in [-0.1, -0.05) is 0 Å². The number of anilines is 1. The highest BCUT2D eigenvalue weighted by molar-refractivity contribution is 6.34. The van der Waals surface area contributed by atoms with E-state index in [1.165, 1.54) is 37.2 Å². The van der Waals surface area contributed by atoms with E-state index in [4.69, 9.17) is 0 Å². The van der Waals surface area contributed by atoms with Crippen LogP contribution in [0.5, 0.6) is 0 Å². The molecule has 158 valence electrons. The number of aromatic nitrogens is 1. The third-order valence-electron chi connectivity index (χ3n) is 4.94. The highest BCUT2D eigenvalue weighted by atomic mass is 19.1. The number of rotatable bonds is 5. The Morgan fingerprint density at radius 3 is 2.67 bits per heavy atom. The smallest absolute Gasteiger partial charge is 0.256 e. The van der Waals surface area contributed by atoms with Gasteiger partial charge in [-0.15, -0.1) is 0 Å². The first-order valence-corrected chi connectivity index (χ1v) is 9.29. The summed E-state index contributed by atoms with van der Waals surface area (Å²) in [5.74, 6) is -1.79. The van der Waals surface area contributed by atoms with Crippen molar-refractivity contribution < 1.29 is 23.9 Å². The number of aryl methyl sites for hydroxylation is 1. The van der Waals surface area contributed by atoms with Crippen molar-refractivity contribution in [3.05, 3.63) is 52.1 Å². The molecule has 0 saturated heterocycles. The molecule has 0 fully saturated rings. The average Bonchev–Trinajstić information content (AvgIpc) is 3.14. The molecule has 1 aliphatic rings. The molecule has 30 heavy (non-hydrogen) atoms. The Kier molecular flexibility index (Phi) is 5.75. The number of carbonyl (C=O) groups is 3. The summed E-state index contributed by atoms with van der Waals surface area (Å²) in [6.45, 7) is 3.19. The van der Waals surface area contributed by atoms with Crippen LogP contribution in [0.2, 0.25) is 0 Å². The molecule has 2 heterocycles. The number of halogens is 1. The largest absolute Gasteiger partial charge is 0.381 e. The van der Waals surface area contributed by atoms with Crippen molar-refractivity contribution in [1.82, 2.24) is 15.2 Å². The van der Waals surface area contributed by atoms with Gasteiger partial charge in [0.25, 0.3) is 17.7 Å². The minimum atomic E-state index is -1.35. The van der Waals surface area contributed by atoms with E-state index < -0.39 is 23.7 Å². The molecule has 1 aliphatic heterocycles. The zero-order valence-electron chi connectivity index (χ0n) is 17.1. The van der Waals surface area contributed by atoms with Gasteiger partial charge in [0.2, 0.25) is 0 Å². The number of aromatic amines is 1. The summed E-state index contributed by atoms with van der Waals surface area (Å²) in [5.41, 5.74) is 3.28. The molecule has 1 aromatic heterocycles. The number of hydrogen-bond acceptors (Lipinski definition) is 4. The Morgan fingerprint density at radius 2 is 2.00 bits per heavy atom. The molecule has 4 N–H and O–H groups in total. The number of carbonyl (C=O) groups excluding carboxylic acids is 3. The Morgan fingerprint density at radius 1 is 1.30 bits per heavy atom. The van der Waals surface area contributed by atoms with Crippen LogP contribution in [0.4, 0.5) is 10.1 Å². The Labute approximate surface area is 172 Å². The topological polar surface area (TPSA) is 115 Å². The molecule has 1 aromatic carbocycles. The van der Waals surface area contributed by atoms with Crippen LogP contribution in [0.1, 0.15) is 32.9 Å². The van der Waals surface area contributed by atoms with Gasteiger partial charge in [-0.25, -0.2) is 4.39 Å². The zero-order valence-corrected chi connectivity index (χ0v) is 17.1. The predicted molar refractivity (Wildman–Crippen MR) is 110 cm³/mol. The van der Waals surface area contributed by atoms with Gasteiger partial charge >= 0.3 is 0 Å². The average molecular weight is 414 g/mol. The fourth-order valence-corrected chi connectivity index (χ4v) is 3.37. The number of likely N-dealkylation sites (N-methyl/N-ethyl adjacent to an activating group) is 1. The standard InChI is InChI=1S/C21H23FN4O4/c1-10-16(8-14-13-7-12(22)5-6-15(13)25-19(14)28)24-11(2)18(10)20(29)23-9-17(27)21(30)26(3)4/h5-8,17,24,27H,9H2,1-4H3,(H,23,29)(H,25,28)/t17-/m0/s1. The predicted octanol–water partition coefficient (Wildman–Crippen LogP) is 1.44. The first-order valence-electron chi connectivity index (χ1n) is 9.29. The third kappa shape index (κ3) is 3.97. The summed E-state index contributed by atoms with van der Waals surface area (Å²) in [6, 6.07) is 4.04. The van der Waals surface area contributed by atoms with Gasteiger partial charge in [0.05, 0.1) is 17.7 Å². The first kappa shape index (κ1) is 21.3. The van der Waals surface area contributed by atoms with Gasteiger partial charge in [0, 0.05) is 36.7 Å². The number of aliphatic hydroxyl groups is 1. The fourth-order valence-electron chi connectivity index (χ4n) is 3.37. The van der Waals surface area contributed by atoms with E-state index in [0.29, 0.717) is 33.8 Å². The number of hydrogen-bond donors (Lipinski definition) is 4. The Bertz CT molecular complexity index is 1070. The molecule has 0 aliphatic carbocycles. The molecule has 3 rings (SSSR count). The maximum absolute atomic E-state index is 13.6. The lowest BCUT2D eigenvalue weighted by Crippen LogP contribution is -2.42. The normalized spacial score (nSPS) is 15.0. The summed E-state index contributed by atoms with van der Waals surface area (Å²) >= 11 is 0. The molecule has 0 saturated carbocycles. The molecule has 0 radical (unpaired) electrons. The molecule has 1 atom stereocenters. The van der Waals surface area contributed by atoms with Gasteiger partial charge in [-0.3, -0.25) is 14.4 Å². The lowest BCUT2D eigenvalue weighted by atomic mass is 10.0. The van der Waals surface area contributed by atoms with E-state index in [2.05, 4.69) is 15.6 Å². The van der Waals surface area contributed by atoms with Crippen molar-refractivity contribution in [1.29, 1.82) is 0 Å². The van der Waals surface area contributed by atoms with Gasteiger partial charge < -0.3 is 25.6 Å². The number of H-pyrrole nitrogens is 1. The second kappa shape index (κ2) is 8.11. The summed E-state index contributed by atoms with van der Waals surface area (Å²) in [7, 11) is 3.02. The van der Waals surface area contributed by atoms with E-state index in [1.807, 2.05) is 0 Å². The molecular formula is C21H23FN4O4. The van der Waals surface area contributed by atoms with Crippen LogP contribution >= 0.6 is 0 Å². The van der Waals surface area contributed by atoms with E-state index in [-0.39, 0.29) is 18.0 Å². The highest BCUT2D eigenvalue weighted by Crippen LogP contribution is 2.34. The van der Waals surface area contributed by atoms with Crippen LogP contribution in [0, 0.1) is 19.7 Å². The molecular weight excluding hydrogens is 391 g/mol. The van der Waals surface area contributed by atoms with Crippen LogP contribution in [-0.2, 0) is 9.59 Å². The monoisotopic (exact) mass is 414 g/mol. The maximum atomic E-state index is 13.6. The lowest BCUT2D eigenvalue weighted by molar-refractivity contribution is -0.137. The summed E-state index contributed by atoms with van der Waals surface area (Å²) in [4.78, 5) is 41.0. The molecule has 8 nitrogen and oxygen atoms in total. The summed E-state index contributed by atoms with van der Waals surface area (Å²) in [5, 5.41) is 15.1. The highest BCUT2D eigenvalue weighted by Gasteiger charge is 2.26. The second-order valence-corrected chi connectivity index (χ2v) is 7.32. The SMILES string of the molecule is Cc1[nH]c(C=C2C(=O)Nc3ccc(F)cc32)c(C)c1C(=O)NC[C@H](O)C(=O)N(C)C. The van der Waals surface area contributed by atoms with Crippen LogP contribution in [-0.4, -0.2) is 59.5 Å². The van der Waals surface area contributed by atoms with Crippen molar-refractivity contribution in [2.24, 2.45) is 0 Å². The van der Waals surface area contributed by atoms with Crippen LogP contribution in [0.3, 0.4) is 0 Å². The van der Waals surface area contributed by atoms with Crippen molar-refractivity contribution in [3.63, 3.8) is 0 Å². The molecule has 0 bridgehead atoms. The minimum absolute atomic E-state index is 0.231. The summed E-state index contributed by atoms with van der Waals surface area (Å²) < 4.78 is 13.6. The molecule has 3 amide bonds. The van der Waals surface area contributed by atoms with E-state index in [9.17, 15) is 23.9 Å². The van der Waals surface area contributed by atoms with E-state index in [0.717, 1.165) is 0 Å². The van der Waals surface area contributed by atoms with Gasteiger partial charge in [-0.2, -0.15) is 0 Å². The number of amides is 3. The van der Waals surface area contributed by atoms with Gasteiger partial charge in [-0.05, 0) is 43.7 Å². The Balaban J connectivity index is 1.86. The number of nitrogens with zero attached hydrogens (tertiary/aromatic N) is 1. The first-order chi connectivity index (χ1) is 14.1. The van der Waals surface area contributed by atoms with Crippen LogP contribution < -0.4 is 10.6 Å². The van der Waals surface area contributed by atoms with Crippen molar-refractivity contribution in [2.75, 3.05) is 26.0 Å². The zero-order chi connectivity index (χ0) is 22.2. The van der Waals surface area contributed by atoms with Crippen molar-refractivity contribution in [3.8, 4) is 0 Å². The quantitative estimate of drug-likeness (QED) is 0.554. The molecule has 2 aromatic rings. The molecule has 0 spiro atoms. The molecule has 9 heteroatoms. The number of nitrogens with one attached hydrogen (secondary N) is 3. The van der Waals surface area contributed by atoms with E-state index in [1.54, 1.807) is 19.9 Å². The summed E-state index contributed by atoms with van der Waals surface area (Å²) in [6.07, 6.45) is 0.225. The maximum Gasteiger partial charge on any atom is 0.256 e. The number of aliphatic hydroxyl groups excluding tert-OH is 1. The number of benzene rings is 1. The van der Waals surface area contributed by atoms with Crippen molar-refractivity contribution in [2.45, 2.75) is 20.0 Å². The number of fused-ring (bicyclic) bond motifs is 1. The minimum Gasteiger partial charge on any atom is -0.381 e. The fraction of sp³-hybridized carbons (Fsp3) is 0.286. The molecule has 0 unspecified atom stereocenters. The van der Waals surface area contributed by atoms with Crippen LogP contribution in [0.25, 0.3) is 11.6 Å². The Hall–Kier alpha value is -3.46. The lowest BCUT2D eigenvalue weighted by Gasteiger charge is -2.16.